The van der Waals surface area contributed by atoms with Crippen LogP contribution in [-0.4, -0.2) is 137 Å². The summed E-state index contributed by atoms with van der Waals surface area (Å²) in [5, 5.41) is 37.1. The Bertz CT molecular complexity index is 7980. The van der Waals surface area contributed by atoms with E-state index in [9.17, 15) is 4.79 Å². The number of benzene rings is 9. The summed E-state index contributed by atoms with van der Waals surface area (Å²) < 4.78 is 27.3. The highest BCUT2D eigenvalue weighted by molar-refractivity contribution is 9.10. The lowest BCUT2D eigenvalue weighted by molar-refractivity contribution is 0.0962. The van der Waals surface area contributed by atoms with Crippen LogP contribution in [0.5, 0.6) is 23.0 Å². The second-order valence-electron chi connectivity index (χ2n) is 32.2. The van der Waals surface area contributed by atoms with E-state index in [-0.39, 0.29) is 18.6 Å². The number of piperidine rings is 1. The number of aryl methyl sites for hydroxylation is 2. The van der Waals surface area contributed by atoms with Crippen LogP contribution in [0.25, 0.3) is 110 Å². The summed E-state index contributed by atoms with van der Waals surface area (Å²) in [5.74, 6) is 7.99. The van der Waals surface area contributed by atoms with Crippen LogP contribution in [0.1, 0.15) is 51.3 Å². The number of terminal acetylenes is 1. The molecule has 0 atom stereocenters. The number of nitrogens with zero attached hydrogens (tertiary/aromatic N) is 20. The summed E-state index contributed by atoms with van der Waals surface area (Å²) in [6.45, 7) is 4.87. The highest BCUT2D eigenvalue weighted by Gasteiger charge is 2.22. The third-order valence-corrected chi connectivity index (χ3v) is 23.7. The summed E-state index contributed by atoms with van der Waals surface area (Å²) in [7, 11) is 3.51. The quantitative estimate of drug-likeness (QED) is 0.0248. The molecule has 141 heavy (non-hydrogen) atoms. The van der Waals surface area contributed by atoms with Crippen molar-refractivity contribution < 1.29 is 23.7 Å². The van der Waals surface area contributed by atoms with Crippen molar-refractivity contribution in [3.05, 3.63) is 368 Å². The molecule has 7 N–H and O–H groups in total. The van der Waals surface area contributed by atoms with Gasteiger partial charge in [-0.1, -0.05) is 78.7 Å². The van der Waals surface area contributed by atoms with Crippen LogP contribution in [0, 0.1) is 19.3 Å². The molecule has 32 nitrogen and oxygen atoms in total. The van der Waals surface area contributed by atoms with Crippen molar-refractivity contribution in [2.75, 3.05) is 41.4 Å². The Kier molecular flexibility index (Phi) is 28.7. The van der Waals surface area contributed by atoms with Crippen molar-refractivity contribution in [2.24, 2.45) is 7.05 Å². The van der Waals surface area contributed by atoms with Gasteiger partial charge in [0, 0.05) is 243 Å². The first-order chi connectivity index (χ1) is 69.3. The number of hydrogen-bond acceptors (Lipinski definition) is 30. The molecule has 0 unspecified atom stereocenters. The predicted molar refractivity (Wildman–Crippen MR) is 549 cm³/mol. The number of halogens is 1. The lowest BCUT2D eigenvalue weighted by Gasteiger charge is -2.25. The van der Waals surface area contributed by atoms with E-state index in [4.69, 9.17) is 35.3 Å². The fourth-order valence-corrected chi connectivity index (χ4v) is 16.4. The van der Waals surface area contributed by atoms with Gasteiger partial charge in [-0.05, 0) is 174 Å². The average Bonchev–Trinajstić information content (AvgIpc) is 1.76. The molecule has 22 rings (SSSR count). The summed E-state index contributed by atoms with van der Waals surface area (Å²) in [6, 6.07) is 64.4. The number of rotatable bonds is 26. The van der Waals surface area contributed by atoms with Gasteiger partial charge in [-0.2, -0.15) is 10.2 Å². The van der Waals surface area contributed by atoms with Crippen molar-refractivity contribution in [3.63, 3.8) is 0 Å². The van der Waals surface area contributed by atoms with Crippen LogP contribution >= 0.6 is 27.3 Å². The number of carbonyl (C=O) groups excluding carboxylic acids is 1. The molecule has 1 saturated heterocycles. The van der Waals surface area contributed by atoms with Crippen molar-refractivity contribution in [1.29, 1.82) is 0 Å². The molecule has 0 bridgehead atoms. The molecular weight excluding hydrogens is 1860 g/mol. The van der Waals surface area contributed by atoms with Crippen LogP contribution in [0.15, 0.2) is 334 Å². The summed E-state index contributed by atoms with van der Waals surface area (Å²) >= 11 is 5.17. The second-order valence-corrected chi connectivity index (χ2v) is 34.0. The number of fused-ring (bicyclic) bond motifs is 4. The number of amides is 1. The molecule has 1 aliphatic rings. The lowest BCUT2D eigenvalue weighted by Crippen LogP contribution is -2.34. The van der Waals surface area contributed by atoms with Gasteiger partial charge in [-0.15, -0.1) is 17.8 Å². The van der Waals surface area contributed by atoms with Crippen LogP contribution in [0.2, 0.25) is 0 Å². The molecule has 21 aromatic rings. The summed E-state index contributed by atoms with van der Waals surface area (Å²) in [6.07, 6.45) is 43.1. The SMILES string of the molecule is Brc1cc2cnc(Nc3cccc(-c4cncnc4)c3)nc2cc1OCc1cccnc1.C#Cc1cc2cnc(Nc3cccc(-c4cncnc4)c3)nc2cc1OCc1cccnc1.CNC(=O)c1cccc(COc2cc3nc(Nc4cccc(-c5ccn(C)n5)c4)ncc3cc2-c2cn[nH]c2)c1.Cc1ncc(-c2cccc(Nc3ncc4cc(-c5nccs5)c(OC5CCNCC5)cc4n3)c2)cn1. The zero-order valence-corrected chi connectivity index (χ0v) is 78.5. The number of anilines is 8. The lowest BCUT2D eigenvalue weighted by atomic mass is 10.1. The Balaban J connectivity index is 0.000000120. The average molecular weight is 1940 g/mol. The summed E-state index contributed by atoms with van der Waals surface area (Å²) in [4.78, 5) is 86.7. The van der Waals surface area contributed by atoms with E-state index in [1.165, 1.54) is 12.7 Å². The van der Waals surface area contributed by atoms with Gasteiger partial charge < -0.3 is 50.8 Å². The number of aromatic nitrogens is 21. The van der Waals surface area contributed by atoms with Crippen LogP contribution in [0.3, 0.4) is 0 Å². The zero-order valence-electron chi connectivity index (χ0n) is 76.1. The number of H-pyrrole nitrogens is 1. The Labute approximate surface area is 820 Å². The molecule has 0 aliphatic carbocycles. The molecule has 0 spiro atoms. The molecule has 692 valence electrons. The molecule has 1 aliphatic heterocycles. The normalized spacial score (nSPS) is 11.6. The standard InChI is InChI=1S/C30H26N8O2.C27H25N7OS.C26H18N6O.C24H17BrN6O/c1-31-29(39)21-7-3-5-19(11-21)18-40-28-14-27-22(13-25(28)23-16-33-34-17-23)15-32-30(36-27)35-24-8-4-6-20(12-24)26-9-10-38(2)37-26;1-17-30-15-20(16-31-17)18-3-2-4-21(11-18)33-27-32-14-19-12-23(26-29-9-10-36-26)25(13-24(19)34-27)35-22-5-7-28-8-6-22;1-2-19-9-21-15-30-26(31-23-7-3-6-20(10-23)22-13-28-17-29-14-22)32-24(21)11-25(19)33-16-18-5-4-8-27-12-18;25-21-8-18-13-29-24(30-20-5-1-4-17(7-20)19-11-27-15-28-12-19)31-22(18)9-23(21)32-14-16-3-2-6-26-10-16/h3-17H,18H2,1-2H3,(H,31,39)(H,33,34)(H,32,35,36);2-4,9-16,22,28H,5-8H2,1H3,(H,32,33,34);1,3-15,17H,16H2,(H,30,31,32);1-13,15H,14H2,(H,29,30,31). The smallest absolute Gasteiger partial charge is 0.251 e. The van der Waals surface area contributed by atoms with E-state index in [1.807, 2.05) is 245 Å². The van der Waals surface area contributed by atoms with E-state index < -0.39 is 0 Å². The maximum absolute atomic E-state index is 12.1. The first kappa shape index (κ1) is 91.9. The van der Waals surface area contributed by atoms with Gasteiger partial charge in [0.05, 0.1) is 49.6 Å². The van der Waals surface area contributed by atoms with Crippen molar-refractivity contribution in [2.45, 2.75) is 45.7 Å². The zero-order chi connectivity index (χ0) is 96.0. The number of hydrogen-bond donors (Lipinski definition) is 7. The van der Waals surface area contributed by atoms with Crippen LogP contribution < -0.4 is 50.8 Å². The third kappa shape index (κ3) is 23.7. The predicted octanol–water partition coefficient (Wildman–Crippen LogP) is 20.8. The largest absolute Gasteiger partial charge is 0.490 e. The molecule has 34 heteroatoms. The molecule has 0 saturated carbocycles. The number of pyridine rings is 2. The first-order valence-electron chi connectivity index (χ1n) is 44.7. The highest BCUT2D eigenvalue weighted by atomic mass is 79.9. The molecule has 9 aromatic carbocycles. The maximum atomic E-state index is 12.1. The molecule has 12 aromatic heterocycles. The number of ether oxygens (including phenoxy) is 4. The second kappa shape index (κ2) is 44.1. The molecule has 1 fully saturated rings. The first-order valence-corrected chi connectivity index (χ1v) is 46.3. The number of aromatic amines is 1. The van der Waals surface area contributed by atoms with Crippen LogP contribution in [-0.2, 0) is 26.9 Å². The van der Waals surface area contributed by atoms with E-state index in [0.29, 0.717) is 65.4 Å². The molecular formula is C107H86BrN27O5S. The minimum atomic E-state index is -0.145. The topological polar surface area (TPSA) is 392 Å². The number of nitrogens with one attached hydrogen (secondary N) is 7. The van der Waals surface area contributed by atoms with Crippen molar-refractivity contribution in [3.8, 4) is 102 Å². The van der Waals surface area contributed by atoms with Gasteiger partial charge in [-0.25, -0.2) is 74.8 Å². The van der Waals surface area contributed by atoms with Gasteiger partial charge in [0.2, 0.25) is 23.8 Å². The number of carbonyl (C=O) groups is 1. The van der Waals surface area contributed by atoms with E-state index in [1.54, 1.807) is 103 Å². The van der Waals surface area contributed by atoms with Crippen molar-refractivity contribution >= 4 is 123 Å². The fourth-order valence-electron chi connectivity index (χ4n) is 15.3. The Morgan fingerprint density at radius 3 is 1.45 bits per heavy atom. The van der Waals surface area contributed by atoms with E-state index >= 15 is 0 Å². The molecule has 1 amide bonds. The van der Waals surface area contributed by atoms with E-state index in [0.717, 1.165) is 191 Å². The third-order valence-electron chi connectivity index (χ3n) is 22.3. The Morgan fingerprint density at radius 1 is 0.461 bits per heavy atom. The van der Waals surface area contributed by atoms with Crippen molar-refractivity contribution in [1.82, 2.24) is 115 Å². The van der Waals surface area contributed by atoms with E-state index in [2.05, 4.69) is 150 Å². The van der Waals surface area contributed by atoms with Crippen LogP contribution in [0.4, 0.5) is 46.5 Å². The number of thiazole rings is 1. The Hall–Kier alpha value is -18.2. The van der Waals surface area contributed by atoms with Gasteiger partial charge in [0.1, 0.15) is 72.4 Å². The Morgan fingerprint density at radius 2 is 0.943 bits per heavy atom. The highest BCUT2D eigenvalue weighted by Crippen LogP contribution is 2.40. The fraction of sp³-hybridized carbons (Fsp3) is 0.103. The molecule has 0 radical (unpaired) electrons. The monoisotopic (exact) mass is 1940 g/mol. The van der Waals surface area contributed by atoms with Gasteiger partial charge >= 0.3 is 0 Å². The summed E-state index contributed by atoms with van der Waals surface area (Å²) in [5.41, 5.74) is 21.0. The molecule has 13 heterocycles. The minimum Gasteiger partial charge on any atom is -0.490 e. The van der Waals surface area contributed by atoms with Gasteiger partial charge in [-0.3, -0.25) is 24.5 Å². The van der Waals surface area contributed by atoms with Gasteiger partial charge in [0.15, 0.2) is 0 Å². The van der Waals surface area contributed by atoms with Gasteiger partial charge in [0.25, 0.3) is 5.91 Å². The minimum absolute atomic E-state index is 0.145. The maximum Gasteiger partial charge on any atom is 0.251 e.